The molecule has 0 aromatic heterocycles. The van der Waals surface area contributed by atoms with Gasteiger partial charge < -0.3 is 21.1 Å². The highest BCUT2D eigenvalue weighted by molar-refractivity contribution is 5.96. The van der Waals surface area contributed by atoms with Crippen LogP contribution < -0.4 is 16.0 Å². The predicted molar refractivity (Wildman–Crippen MR) is 81.6 cm³/mol. The molecule has 1 atom stereocenters. The Morgan fingerprint density at radius 2 is 2.14 bits per heavy atom. The predicted octanol–water partition coefficient (Wildman–Crippen LogP) is 1.24. The molecule has 1 heterocycles. The van der Waals surface area contributed by atoms with Crippen LogP contribution >= 0.6 is 0 Å². The van der Waals surface area contributed by atoms with Gasteiger partial charge >= 0.3 is 5.97 Å². The maximum atomic E-state index is 11.8. The zero-order valence-electron chi connectivity index (χ0n) is 12.3. The van der Waals surface area contributed by atoms with Crippen LogP contribution in [0.4, 0.5) is 11.4 Å². The Kier molecular flexibility index (Phi) is 4.35. The number of anilines is 2. The third-order valence-electron chi connectivity index (χ3n) is 4.01. The van der Waals surface area contributed by atoms with Gasteiger partial charge in [0.05, 0.1) is 11.5 Å². The summed E-state index contributed by atoms with van der Waals surface area (Å²) in [4.78, 5) is 25.1. The van der Waals surface area contributed by atoms with Gasteiger partial charge in [-0.25, -0.2) is 4.79 Å². The molecule has 1 aromatic rings. The van der Waals surface area contributed by atoms with E-state index in [2.05, 4.69) is 10.2 Å². The average Bonchev–Trinajstić information content (AvgIpc) is 2.48. The second kappa shape index (κ2) is 6.03. The lowest BCUT2D eigenvalue weighted by Gasteiger charge is -2.34. The van der Waals surface area contributed by atoms with Crippen LogP contribution in [0.3, 0.4) is 0 Å². The van der Waals surface area contributed by atoms with E-state index in [0.29, 0.717) is 12.2 Å². The summed E-state index contributed by atoms with van der Waals surface area (Å²) in [6.45, 7) is 3.21. The van der Waals surface area contributed by atoms with Crippen LogP contribution in [0.1, 0.15) is 28.8 Å². The van der Waals surface area contributed by atoms with Crippen LogP contribution in [0, 0.1) is 12.8 Å². The second-order valence-corrected chi connectivity index (χ2v) is 5.43. The lowest BCUT2D eigenvalue weighted by molar-refractivity contribution is -0.124. The third-order valence-corrected chi connectivity index (χ3v) is 4.01. The van der Waals surface area contributed by atoms with E-state index in [1.54, 1.807) is 20.0 Å². The number of piperidine rings is 1. The largest absolute Gasteiger partial charge is 0.478 e. The van der Waals surface area contributed by atoms with E-state index >= 15 is 0 Å². The van der Waals surface area contributed by atoms with E-state index in [9.17, 15) is 14.7 Å². The summed E-state index contributed by atoms with van der Waals surface area (Å²) in [6, 6.07) is 3.48. The molecule has 0 bridgehead atoms. The van der Waals surface area contributed by atoms with Gasteiger partial charge in [0.2, 0.25) is 5.91 Å². The van der Waals surface area contributed by atoms with Crippen LogP contribution in [0.2, 0.25) is 0 Å². The highest BCUT2D eigenvalue weighted by Gasteiger charge is 2.26. The number of carbonyl (C=O) groups is 2. The SMILES string of the molecule is CNC(=O)C1CCCN(c2cc(C)c(N)c(C(=O)O)c2)C1. The van der Waals surface area contributed by atoms with Crippen molar-refractivity contribution < 1.29 is 14.7 Å². The molecular weight excluding hydrogens is 270 g/mol. The molecule has 114 valence electrons. The number of nitrogens with two attached hydrogens (primary N) is 1. The van der Waals surface area contributed by atoms with Crippen LogP contribution in [0.15, 0.2) is 12.1 Å². The lowest BCUT2D eigenvalue weighted by Crippen LogP contribution is -2.42. The molecule has 0 radical (unpaired) electrons. The fourth-order valence-corrected chi connectivity index (χ4v) is 2.77. The van der Waals surface area contributed by atoms with Gasteiger partial charge in [-0.1, -0.05) is 0 Å². The van der Waals surface area contributed by atoms with Crippen molar-refractivity contribution >= 4 is 23.3 Å². The van der Waals surface area contributed by atoms with Crippen molar-refractivity contribution in [1.82, 2.24) is 5.32 Å². The number of nitrogen functional groups attached to an aromatic ring is 1. The first-order valence-electron chi connectivity index (χ1n) is 7.04. The highest BCUT2D eigenvalue weighted by atomic mass is 16.4. The summed E-state index contributed by atoms with van der Waals surface area (Å²) in [5, 5.41) is 11.9. The molecule has 6 heteroatoms. The van der Waals surface area contributed by atoms with Crippen molar-refractivity contribution in [3.8, 4) is 0 Å². The molecule has 21 heavy (non-hydrogen) atoms. The fraction of sp³-hybridized carbons (Fsp3) is 0.467. The Bertz CT molecular complexity index is 572. The number of carboxylic acids is 1. The minimum Gasteiger partial charge on any atom is -0.478 e. The number of aromatic carboxylic acids is 1. The smallest absolute Gasteiger partial charge is 0.337 e. The van der Waals surface area contributed by atoms with Gasteiger partial charge in [0.1, 0.15) is 0 Å². The molecule has 1 fully saturated rings. The van der Waals surface area contributed by atoms with Crippen LogP contribution in [-0.2, 0) is 4.79 Å². The molecular formula is C15H21N3O3. The number of aryl methyl sites for hydroxylation is 1. The summed E-state index contributed by atoms with van der Waals surface area (Å²) in [7, 11) is 1.64. The Labute approximate surface area is 123 Å². The Morgan fingerprint density at radius 1 is 1.43 bits per heavy atom. The second-order valence-electron chi connectivity index (χ2n) is 5.43. The maximum Gasteiger partial charge on any atom is 0.337 e. The zero-order chi connectivity index (χ0) is 15.6. The van der Waals surface area contributed by atoms with Gasteiger partial charge in [0, 0.05) is 31.5 Å². The molecule has 0 saturated carbocycles. The number of carboxylic acid groups (broad SMARTS) is 1. The molecule has 1 aliphatic heterocycles. The molecule has 4 N–H and O–H groups in total. The first-order chi connectivity index (χ1) is 9.93. The average molecular weight is 291 g/mol. The van der Waals surface area contributed by atoms with E-state index in [1.807, 2.05) is 6.07 Å². The van der Waals surface area contributed by atoms with E-state index < -0.39 is 5.97 Å². The van der Waals surface area contributed by atoms with Crippen LogP contribution in [0.5, 0.6) is 0 Å². The quantitative estimate of drug-likeness (QED) is 0.728. The topological polar surface area (TPSA) is 95.7 Å². The van der Waals surface area contributed by atoms with Gasteiger partial charge in [-0.3, -0.25) is 4.79 Å². The Balaban J connectivity index is 2.29. The first kappa shape index (κ1) is 15.2. The number of nitrogens with one attached hydrogen (secondary N) is 1. The normalized spacial score (nSPS) is 18.4. The van der Waals surface area contributed by atoms with Gasteiger partial charge in [-0.2, -0.15) is 0 Å². The highest BCUT2D eigenvalue weighted by Crippen LogP contribution is 2.29. The van der Waals surface area contributed by atoms with Crippen LogP contribution in [0.25, 0.3) is 0 Å². The van der Waals surface area contributed by atoms with E-state index in [1.165, 1.54) is 0 Å². The summed E-state index contributed by atoms with van der Waals surface area (Å²) in [5.41, 5.74) is 7.79. The first-order valence-corrected chi connectivity index (χ1v) is 7.04. The zero-order valence-corrected chi connectivity index (χ0v) is 12.3. The van der Waals surface area contributed by atoms with Gasteiger partial charge in [0.15, 0.2) is 0 Å². The fourth-order valence-electron chi connectivity index (χ4n) is 2.77. The minimum atomic E-state index is -1.03. The number of amides is 1. The van der Waals surface area contributed by atoms with E-state index in [-0.39, 0.29) is 17.4 Å². The molecule has 0 aliphatic carbocycles. The third kappa shape index (κ3) is 3.09. The summed E-state index contributed by atoms with van der Waals surface area (Å²) >= 11 is 0. The number of benzene rings is 1. The van der Waals surface area contributed by atoms with Crippen molar-refractivity contribution in [2.75, 3.05) is 30.8 Å². The number of nitrogens with zero attached hydrogens (tertiary/aromatic N) is 1. The van der Waals surface area contributed by atoms with Crippen molar-refractivity contribution in [3.05, 3.63) is 23.3 Å². The molecule has 1 amide bonds. The van der Waals surface area contributed by atoms with Gasteiger partial charge in [-0.05, 0) is 37.5 Å². The molecule has 2 rings (SSSR count). The molecule has 1 aliphatic rings. The van der Waals surface area contributed by atoms with Crippen LogP contribution in [-0.4, -0.2) is 37.1 Å². The number of hydrogen-bond donors (Lipinski definition) is 3. The van der Waals surface area contributed by atoms with Crippen molar-refractivity contribution in [2.24, 2.45) is 5.92 Å². The molecule has 0 spiro atoms. The monoisotopic (exact) mass is 291 g/mol. The van der Waals surface area contributed by atoms with Gasteiger partial charge in [0.25, 0.3) is 0 Å². The Hall–Kier alpha value is -2.24. The van der Waals surface area contributed by atoms with Crippen molar-refractivity contribution in [2.45, 2.75) is 19.8 Å². The summed E-state index contributed by atoms with van der Waals surface area (Å²) in [6.07, 6.45) is 1.76. The van der Waals surface area contributed by atoms with Crippen molar-refractivity contribution in [1.29, 1.82) is 0 Å². The Morgan fingerprint density at radius 3 is 2.76 bits per heavy atom. The van der Waals surface area contributed by atoms with E-state index in [0.717, 1.165) is 30.6 Å². The standard InChI is InChI=1S/C15H21N3O3/c1-9-6-11(7-12(13(9)16)15(20)21)18-5-3-4-10(8-18)14(19)17-2/h6-7,10H,3-5,8,16H2,1-2H3,(H,17,19)(H,20,21). The van der Waals surface area contributed by atoms with Gasteiger partial charge in [-0.15, -0.1) is 0 Å². The molecule has 6 nitrogen and oxygen atoms in total. The summed E-state index contributed by atoms with van der Waals surface area (Å²) < 4.78 is 0. The summed E-state index contributed by atoms with van der Waals surface area (Å²) in [5.74, 6) is -1.06. The molecule has 1 unspecified atom stereocenters. The lowest BCUT2D eigenvalue weighted by atomic mass is 9.96. The molecule has 1 saturated heterocycles. The number of hydrogen-bond acceptors (Lipinski definition) is 4. The van der Waals surface area contributed by atoms with Crippen molar-refractivity contribution in [3.63, 3.8) is 0 Å². The minimum absolute atomic E-state index is 0.0327. The van der Waals surface area contributed by atoms with E-state index in [4.69, 9.17) is 5.73 Å². The molecule has 1 aromatic carbocycles. The number of rotatable bonds is 3. The number of carbonyl (C=O) groups excluding carboxylic acids is 1. The maximum absolute atomic E-state index is 11.8.